The minimum Gasteiger partial charge on any atom is -0.481 e. The number of carbonyl (C=O) groups is 2. The number of carboxylic acids is 1. The summed E-state index contributed by atoms with van der Waals surface area (Å²) in [5.41, 5.74) is 1.22. The van der Waals surface area contributed by atoms with Gasteiger partial charge >= 0.3 is 12.1 Å². The number of carboxylic acid groups (broad SMARTS) is 1. The molecular formula is C16H23NO4. The van der Waals surface area contributed by atoms with Gasteiger partial charge in [-0.2, -0.15) is 0 Å². The van der Waals surface area contributed by atoms with Crippen molar-refractivity contribution in [3.8, 4) is 0 Å². The topological polar surface area (TPSA) is 75.6 Å². The van der Waals surface area contributed by atoms with Crippen molar-refractivity contribution in [3.05, 3.63) is 35.4 Å². The van der Waals surface area contributed by atoms with Crippen molar-refractivity contribution in [2.45, 2.75) is 52.2 Å². The highest BCUT2D eigenvalue weighted by Crippen LogP contribution is 2.10. The van der Waals surface area contributed by atoms with Crippen LogP contribution in [0.15, 0.2) is 24.3 Å². The van der Waals surface area contributed by atoms with E-state index in [0.29, 0.717) is 6.42 Å². The predicted octanol–water partition coefficient (Wildman–Crippen LogP) is 2.77. The van der Waals surface area contributed by atoms with Gasteiger partial charge in [-0.15, -0.1) is 0 Å². The molecule has 0 saturated carbocycles. The highest BCUT2D eigenvalue weighted by molar-refractivity contribution is 5.70. The molecule has 0 aromatic heterocycles. The number of nitrogens with one attached hydrogen (secondary N) is 1. The molecule has 1 rings (SSSR count). The minimum atomic E-state index is -0.855. The molecule has 0 bridgehead atoms. The van der Waals surface area contributed by atoms with Gasteiger partial charge in [0.15, 0.2) is 0 Å². The largest absolute Gasteiger partial charge is 0.481 e. The second kappa shape index (κ2) is 7.11. The summed E-state index contributed by atoms with van der Waals surface area (Å²) < 4.78 is 5.19. The van der Waals surface area contributed by atoms with Gasteiger partial charge in [0.05, 0.1) is 6.42 Å². The van der Waals surface area contributed by atoms with Gasteiger partial charge in [-0.3, -0.25) is 4.79 Å². The molecule has 0 aliphatic heterocycles. The molecule has 116 valence electrons. The SMILES string of the molecule is C[C@H](Cc1cccc(CC(=O)O)c1)NC(=O)OC(C)(C)C. The van der Waals surface area contributed by atoms with Crippen LogP contribution in [0.5, 0.6) is 0 Å². The Labute approximate surface area is 125 Å². The summed E-state index contributed by atoms with van der Waals surface area (Å²) in [4.78, 5) is 22.4. The molecular weight excluding hydrogens is 270 g/mol. The van der Waals surface area contributed by atoms with E-state index in [-0.39, 0.29) is 12.5 Å². The van der Waals surface area contributed by atoms with Gasteiger partial charge in [0.2, 0.25) is 0 Å². The maximum atomic E-state index is 11.7. The molecule has 0 unspecified atom stereocenters. The van der Waals surface area contributed by atoms with Crippen LogP contribution < -0.4 is 5.32 Å². The summed E-state index contributed by atoms with van der Waals surface area (Å²) in [6, 6.07) is 7.28. The number of alkyl carbamates (subject to hydrolysis) is 1. The average Bonchev–Trinajstić information content (AvgIpc) is 2.24. The molecule has 2 N–H and O–H groups in total. The molecule has 1 aromatic rings. The van der Waals surface area contributed by atoms with E-state index in [2.05, 4.69) is 5.32 Å². The van der Waals surface area contributed by atoms with Gasteiger partial charge < -0.3 is 15.2 Å². The number of amides is 1. The van der Waals surface area contributed by atoms with E-state index in [1.807, 2.05) is 45.9 Å². The molecule has 0 spiro atoms. The van der Waals surface area contributed by atoms with Crippen molar-refractivity contribution in [2.24, 2.45) is 0 Å². The van der Waals surface area contributed by atoms with Crippen molar-refractivity contribution >= 4 is 12.1 Å². The Hall–Kier alpha value is -2.04. The number of aliphatic carboxylic acids is 1. The van der Waals surface area contributed by atoms with Gasteiger partial charge in [0.25, 0.3) is 0 Å². The number of ether oxygens (including phenoxy) is 1. The second-order valence-electron chi connectivity index (χ2n) is 6.14. The molecule has 1 atom stereocenters. The second-order valence-corrected chi connectivity index (χ2v) is 6.14. The third-order valence-electron chi connectivity index (χ3n) is 2.65. The fourth-order valence-corrected chi connectivity index (χ4v) is 1.95. The normalized spacial score (nSPS) is 12.6. The van der Waals surface area contributed by atoms with Crippen molar-refractivity contribution in [2.75, 3.05) is 0 Å². The van der Waals surface area contributed by atoms with Crippen LogP contribution >= 0.6 is 0 Å². The van der Waals surface area contributed by atoms with Crippen LogP contribution in [-0.4, -0.2) is 28.8 Å². The zero-order chi connectivity index (χ0) is 16.0. The van der Waals surface area contributed by atoms with Crippen LogP contribution in [0.4, 0.5) is 4.79 Å². The van der Waals surface area contributed by atoms with Crippen LogP contribution in [0, 0.1) is 0 Å². The molecule has 0 saturated heterocycles. The first kappa shape index (κ1) is 17.0. The van der Waals surface area contributed by atoms with E-state index in [1.54, 1.807) is 6.07 Å². The van der Waals surface area contributed by atoms with Gasteiger partial charge in [-0.25, -0.2) is 4.79 Å². The zero-order valence-electron chi connectivity index (χ0n) is 13.0. The van der Waals surface area contributed by atoms with Crippen molar-refractivity contribution in [1.29, 1.82) is 0 Å². The Morgan fingerprint density at radius 2 is 1.90 bits per heavy atom. The third kappa shape index (κ3) is 7.34. The molecule has 1 amide bonds. The first-order valence-corrected chi connectivity index (χ1v) is 6.95. The smallest absolute Gasteiger partial charge is 0.407 e. The van der Waals surface area contributed by atoms with Crippen molar-refractivity contribution < 1.29 is 19.4 Å². The Morgan fingerprint density at radius 1 is 1.29 bits per heavy atom. The lowest BCUT2D eigenvalue weighted by molar-refractivity contribution is -0.136. The summed E-state index contributed by atoms with van der Waals surface area (Å²) in [7, 11) is 0. The molecule has 0 heterocycles. The Bertz CT molecular complexity index is 505. The first-order chi connectivity index (χ1) is 9.65. The van der Waals surface area contributed by atoms with Gasteiger partial charge in [0.1, 0.15) is 5.60 Å². The van der Waals surface area contributed by atoms with Crippen molar-refractivity contribution in [1.82, 2.24) is 5.32 Å². The molecule has 0 radical (unpaired) electrons. The van der Waals surface area contributed by atoms with Gasteiger partial charge in [-0.05, 0) is 45.2 Å². The van der Waals surface area contributed by atoms with Crippen LogP contribution in [0.25, 0.3) is 0 Å². The van der Waals surface area contributed by atoms with E-state index in [4.69, 9.17) is 9.84 Å². The summed E-state index contributed by atoms with van der Waals surface area (Å²) in [5.74, 6) is -0.855. The molecule has 5 nitrogen and oxygen atoms in total. The molecule has 0 fully saturated rings. The number of rotatable bonds is 5. The molecule has 0 aliphatic carbocycles. The van der Waals surface area contributed by atoms with E-state index in [1.165, 1.54) is 0 Å². The van der Waals surface area contributed by atoms with Gasteiger partial charge in [0, 0.05) is 6.04 Å². The predicted molar refractivity (Wildman–Crippen MR) is 80.3 cm³/mol. The minimum absolute atomic E-state index is 0.00170. The standard InChI is InChI=1S/C16H23NO4/c1-11(17-15(20)21-16(2,3)4)8-12-6-5-7-13(9-12)10-14(18)19/h5-7,9,11H,8,10H2,1-4H3,(H,17,20)(H,18,19)/t11-/m1/s1. The Balaban J connectivity index is 2.56. The fraction of sp³-hybridized carbons (Fsp3) is 0.500. The Morgan fingerprint density at radius 3 is 2.48 bits per heavy atom. The first-order valence-electron chi connectivity index (χ1n) is 6.95. The number of hydrogen-bond acceptors (Lipinski definition) is 3. The maximum Gasteiger partial charge on any atom is 0.407 e. The zero-order valence-corrected chi connectivity index (χ0v) is 13.0. The van der Waals surface area contributed by atoms with Crippen molar-refractivity contribution in [3.63, 3.8) is 0 Å². The number of carbonyl (C=O) groups excluding carboxylic acids is 1. The number of hydrogen-bond donors (Lipinski definition) is 2. The lowest BCUT2D eigenvalue weighted by atomic mass is 10.0. The lowest BCUT2D eigenvalue weighted by Gasteiger charge is -2.22. The van der Waals surface area contributed by atoms with Crippen LogP contribution in [0.1, 0.15) is 38.8 Å². The van der Waals surface area contributed by atoms with Crippen LogP contribution in [0.2, 0.25) is 0 Å². The third-order valence-corrected chi connectivity index (χ3v) is 2.65. The Kier molecular flexibility index (Phi) is 5.76. The summed E-state index contributed by atoms with van der Waals surface area (Å²) in [6.45, 7) is 7.32. The molecule has 1 aromatic carbocycles. The van der Waals surface area contributed by atoms with Crippen LogP contribution in [0.3, 0.4) is 0 Å². The highest BCUT2D eigenvalue weighted by atomic mass is 16.6. The number of benzene rings is 1. The fourth-order valence-electron chi connectivity index (χ4n) is 1.95. The molecule has 0 aliphatic rings. The molecule has 5 heteroatoms. The molecule has 21 heavy (non-hydrogen) atoms. The summed E-state index contributed by atoms with van der Waals surface area (Å²) >= 11 is 0. The van der Waals surface area contributed by atoms with E-state index >= 15 is 0 Å². The van der Waals surface area contributed by atoms with E-state index in [0.717, 1.165) is 11.1 Å². The average molecular weight is 293 g/mol. The highest BCUT2D eigenvalue weighted by Gasteiger charge is 2.17. The maximum absolute atomic E-state index is 11.7. The lowest BCUT2D eigenvalue weighted by Crippen LogP contribution is -2.38. The summed E-state index contributed by atoms with van der Waals surface area (Å²) in [6.07, 6.45) is 0.172. The monoisotopic (exact) mass is 293 g/mol. The van der Waals surface area contributed by atoms with E-state index in [9.17, 15) is 9.59 Å². The summed E-state index contributed by atoms with van der Waals surface area (Å²) in [5, 5.41) is 11.6. The van der Waals surface area contributed by atoms with Gasteiger partial charge in [-0.1, -0.05) is 24.3 Å². The van der Waals surface area contributed by atoms with E-state index < -0.39 is 17.7 Å². The van der Waals surface area contributed by atoms with Crippen LogP contribution in [-0.2, 0) is 22.4 Å². The quantitative estimate of drug-likeness (QED) is 0.875.